The smallest absolute Gasteiger partial charge is 0.0718 e. The molecule has 0 aromatic rings. The topological polar surface area (TPSA) is 23.5 Å². The molecule has 1 heterocycles. The Hall–Kier alpha value is -0.0800. The molecule has 2 nitrogen and oxygen atoms in total. The van der Waals surface area contributed by atoms with Crippen LogP contribution in [-0.4, -0.2) is 34.7 Å². The zero-order valence-corrected chi connectivity index (χ0v) is 9.92. The molecule has 0 radical (unpaired) electrons. The number of likely N-dealkylation sites (tertiary alicyclic amines) is 1. The van der Waals surface area contributed by atoms with Gasteiger partial charge in [-0.05, 0) is 45.7 Å². The fraction of sp³-hybridized carbons (Fsp3) is 1.00. The highest BCUT2D eigenvalue weighted by Crippen LogP contribution is 2.28. The van der Waals surface area contributed by atoms with Gasteiger partial charge in [0.25, 0.3) is 0 Å². The average Bonchev–Trinajstić information content (AvgIpc) is 2.28. The predicted octanol–water partition coefficient (Wildman–Crippen LogP) is 2.41. The number of hydrogen-bond donors (Lipinski definition) is 1. The molecule has 0 saturated carbocycles. The van der Waals surface area contributed by atoms with E-state index in [0.29, 0.717) is 0 Å². The van der Waals surface area contributed by atoms with Crippen molar-refractivity contribution in [2.75, 3.05) is 13.1 Å². The van der Waals surface area contributed by atoms with Crippen molar-refractivity contribution in [1.82, 2.24) is 4.90 Å². The zero-order chi connectivity index (χ0) is 10.6. The maximum Gasteiger partial charge on any atom is 0.0718 e. The van der Waals surface area contributed by atoms with Crippen LogP contribution in [-0.2, 0) is 0 Å². The van der Waals surface area contributed by atoms with Gasteiger partial charge in [0.1, 0.15) is 0 Å². The van der Waals surface area contributed by atoms with E-state index in [9.17, 15) is 5.11 Å². The van der Waals surface area contributed by atoms with E-state index < -0.39 is 0 Å². The molecule has 84 valence electrons. The molecule has 0 aromatic heterocycles. The van der Waals surface area contributed by atoms with Gasteiger partial charge in [-0.2, -0.15) is 0 Å². The number of nitrogens with zero attached hydrogens (tertiary/aromatic N) is 1. The lowest BCUT2D eigenvalue weighted by molar-refractivity contribution is -0.0347. The van der Waals surface area contributed by atoms with Gasteiger partial charge >= 0.3 is 0 Å². The van der Waals surface area contributed by atoms with Crippen molar-refractivity contribution in [1.29, 1.82) is 0 Å². The molecule has 14 heavy (non-hydrogen) atoms. The number of aliphatic hydroxyl groups excluding tert-OH is 1. The summed E-state index contributed by atoms with van der Waals surface area (Å²) < 4.78 is 0. The summed E-state index contributed by atoms with van der Waals surface area (Å²) in [4.78, 5) is 2.49. The van der Waals surface area contributed by atoms with E-state index in [-0.39, 0.29) is 11.6 Å². The van der Waals surface area contributed by atoms with Crippen LogP contribution < -0.4 is 0 Å². The van der Waals surface area contributed by atoms with Gasteiger partial charge in [-0.1, -0.05) is 20.3 Å². The van der Waals surface area contributed by atoms with Crippen molar-refractivity contribution in [3.63, 3.8) is 0 Å². The van der Waals surface area contributed by atoms with E-state index in [2.05, 4.69) is 25.7 Å². The summed E-state index contributed by atoms with van der Waals surface area (Å²) in [5.41, 5.74) is 0.00910. The Balaban J connectivity index is 2.65. The Kier molecular flexibility index (Phi) is 4.39. The Morgan fingerprint density at radius 2 is 1.79 bits per heavy atom. The van der Waals surface area contributed by atoms with E-state index in [0.717, 1.165) is 12.8 Å². The van der Waals surface area contributed by atoms with Crippen LogP contribution >= 0.6 is 0 Å². The molecular formula is C12H25NO. The highest BCUT2D eigenvalue weighted by molar-refractivity contribution is 4.92. The first kappa shape index (κ1) is 12.0. The van der Waals surface area contributed by atoms with Gasteiger partial charge in [0.05, 0.1) is 6.10 Å². The van der Waals surface area contributed by atoms with E-state index in [1.807, 2.05) is 0 Å². The second-order valence-electron chi connectivity index (χ2n) is 4.68. The molecule has 0 spiro atoms. The Morgan fingerprint density at radius 3 is 2.21 bits per heavy atom. The SMILES string of the molecule is CCC(O)C(C)(CC)N1CCCCC1. The van der Waals surface area contributed by atoms with E-state index in [1.54, 1.807) is 0 Å². The minimum Gasteiger partial charge on any atom is -0.391 e. The maximum atomic E-state index is 10.1. The quantitative estimate of drug-likeness (QED) is 0.751. The van der Waals surface area contributed by atoms with Gasteiger partial charge in [0.2, 0.25) is 0 Å². The summed E-state index contributed by atoms with van der Waals surface area (Å²) >= 11 is 0. The minimum absolute atomic E-state index is 0.00910. The third kappa shape index (κ3) is 2.29. The highest BCUT2D eigenvalue weighted by atomic mass is 16.3. The molecule has 0 aromatic carbocycles. The molecule has 0 amide bonds. The van der Waals surface area contributed by atoms with E-state index >= 15 is 0 Å². The van der Waals surface area contributed by atoms with Crippen molar-refractivity contribution in [2.45, 2.75) is 64.5 Å². The standard InChI is InChI=1S/C12H25NO/c1-4-11(14)12(3,5-2)13-9-7-6-8-10-13/h11,14H,4-10H2,1-3H3. The number of hydrogen-bond acceptors (Lipinski definition) is 2. The largest absolute Gasteiger partial charge is 0.391 e. The van der Waals surface area contributed by atoms with Crippen LogP contribution in [0.4, 0.5) is 0 Å². The summed E-state index contributed by atoms with van der Waals surface area (Å²) in [6.45, 7) is 8.81. The normalized spacial score (nSPS) is 25.7. The lowest BCUT2D eigenvalue weighted by atomic mass is 9.86. The fourth-order valence-electron chi connectivity index (χ4n) is 2.51. The van der Waals surface area contributed by atoms with Crippen LogP contribution in [0.2, 0.25) is 0 Å². The van der Waals surface area contributed by atoms with Crippen LogP contribution in [0.25, 0.3) is 0 Å². The Labute approximate surface area is 88.3 Å². The second kappa shape index (κ2) is 5.13. The molecule has 1 saturated heterocycles. The Bertz CT molecular complexity index is 166. The predicted molar refractivity (Wildman–Crippen MR) is 60.4 cm³/mol. The summed E-state index contributed by atoms with van der Waals surface area (Å²) in [7, 11) is 0. The molecule has 2 heteroatoms. The molecule has 1 aliphatic heterocycles. The first-order valence-electron chi connectivity index (χ1n) is 6.08. The second-order valence-corrected chi connectivity index (χ2v) is 4.68. The van der Waals surface area contributed by atoms with Gasteiger partial charge in [-0.15, -0.1) is 0 Å². The molecule has 0 bridgehead atoms. The van der Waals surface area contributed by atoms with Crippen LogP contribution in [0.5, 0.6) is 0 Å². The zero-order valence-electron chi connectivity index (χ0n) is 9.92. The first-order chi connectivity index (χ1) is 6.65. The van der Waals surface area contributed by atoms with Gasteiger partial charge in [0.15, 0.2) is 0 Å². The first-order valence-corrected chi connectivity index (χ1v) is 6.08. The lowest BCUT2D eigenvalue weighted by Crippen LogP contribution is -2.55. The van der Waals surface area contributed by atoms with Crippen molar-refractivity contribution in [2.24, 2.45) is 0 Å². The molecule has 2 unspecified atom stereocenters. The van der Waals surface area contributed by atoms with Gasteiger partial charge in [-0.3, -0.25) is 4.90 Å². The molecule has 1 fully saturated rings. The van der Waals surface area contributed by atoms with Crippen molar-refractivity contribution in [3.8, 4) is 0 Å². The van der Waals surface area contributed by atoms with Crippen molar-refractivity contribution < 1.29 is 5.11 Å². The van der Waals surface area contributed by atoms with Crippen LogP contribution in [0, 0.1) is 0 Å². The van der Waals surface area contributed by atoms with Gasteiger partial charge < -0.3 is 5.11 Å². The molecular weight excluding hydrogens is 174 g/mol. The van der Waals surface area contributed by atoms with Gasteiger partial charge in [0, 0.05) is 5.54 Å². The summed E-state index contributed by atoms with van der Waals surface area (Å²) in [5.74, 6) is 0. The summed E-state index contributed by atoms with van der Waals surface area (Å²) in [6.07, 6.45) is 5.69. The molecule has 0 aliphatic carbocycles. The number of piperidine rings is 1. The molecule has 2 atom stereocenters. The maximum absolute atomic E-state index is 10.1. The third-order valence-electron chi connectivity index (χ3n) is 3.90. The lowest BCUT2D eigenvalue weighted by Gasteiger charge is -2.45. The van der Waals surface area contributed by atoms with Crippen LogP contribution in [0.3, 0.4) is 0 Å². The van der Waals surface area contributed by atoms with Gasteiger partial charge in [-0.25, -0.2) is 0 Å². The Morgan fingerprint density at radius 1 is 1.21 bits per heavy atom. The van der Waals surface area contributed by atoms with Crippen molar-refractivity contribution >= 4 is 0 Å². The number of rotatable bonds is 4. The summed E-state index contributed by atoms with van der Waals surface area (Å²) in [6, 6.07) is 0. The third-order valence-corrected chi connectivity index (χ3v) is 3.90. The van der Waals surface area contributed by atoms with Crippen molar-refractivity contribution in [3.05, 3.63) is 0 Å². The molecule has 1 rings (SSSR count). The average molecular weight is 199 g/mol. The highest BCUT2D eigenvalue weighted by Gasteiger charge is 2.36. The monoisotopic (exact) mass is 199 g/mol. The fourth-order valence-corrected chi connectivity index (χ4v) is 2.51. The number of aliphatic hydroxyl groups is 1. The van der Waals surface area contributed by atoms with E-state index in [4.69, 9.17) is 0 Å². The van der Waals surface area contributed by atoms with E-state index in [1.165, 1.54) is 32.4 Å². The van der Waals surface area contributed by atoms with Crippen LogP contribution in [0.15, 0.2) is 0 Å². The summed E-state index contributed by atoms with van der Waals surface area (Å²) in [5, 5.41) is 10.1. The molecule has 1 aliphatic rings. The molecule has 1 N–H and O–H groups in total. The minimum atomic E-state index is -0.175. The van der Waals surface area contributed by atoms with Crippen LogP contribution in [0.1, 0.15) is 52.9 Å².